The molecule has 7 nitrogen and oxygen atoms in total. The molecule has 0 aliphatic heterocycles. The number of anilines is 1. The Kier molecular flexibility index (Phi) is 6.46. The summed E-state index contributed by atoms with van der Waals surface area (Å²) in [5, 5.41) is 4.59. The number of benzene rings is 2. The van der Waals surface area contributed by atoms with Gasteiger partial charge >= 0.3 is 5.69 Å². The maximum Gasteiger partial charge on any atom is 0.332 e. The van der Waals surface area contributed by atoms with E-state index in [0.717, 1.165) is 10.1 Å². The summed E-state index contributed by atoms with van der Waals surface area (Å²) in [7, 11) is 1.56. The van der Waals surface area contributed by atoms with E-state index in [1.165, 1.54) is 21.5 Å². The van der Waals surface area contributed by atoms with E-state index in [1.807, 2.05) is 30.3 Å². The fourth-order valence-corrected chi connectivity index (χ4v) is 4.52. The van der Waals surface area contributed by atoms with Crippen molar-refractivity contribution in [1.82, 2.24) is 9.13 Å². The lowest BCUT2D eigenvalue weighted by atomic mass is 10.0. The van der Waals surface area contributed by atoms with Gasteiger partial charge in [0.15, 0.2) is 0 Å². The van der Waals surface area contributed by atoms with Gasteiger partial charge in [-0.3, -0.25) is 18.7 Å². The first-order valence-electron chi connectivity index (χ1n) is 10.6. The van der Waals surface area contributed by atoms with Gasteiger partial charge in [-0.1, -0.05) is 38.1 Å². The summed E-state index contributed by atoms with van der Waals surface area (Å²) in [6.07, 6.45) is 0. The van der Waals surface area contributed by atoms with Gasteiger partial charge in [0, 0.05) is 5.69 Å². The number of methoxy groups -OCH3 is 1. The zero-order valence-corrected chi connectivity index (χ0v) is 19.5. The fourth-order valence-electron chi connectivity index (χ4n) is 3.67. The van der Waals surface area contributed by atoms with Gasteiger partial charge in [-0.25, -0.2) is 4.79 Å². The highest BCUT2D eigenvalue weighted by Gasteiger charge is 2.17. The molecule has 0 radical (unpaired) electrons. The fraction of sp³-hybridized carbons (Fsp3) is 0.240. The van der Waals surface area contributed by atoms with Gasteiger partial charge < -0.3 is 10.1 Å². The van der Waals surface area contributed by atoms with Gasteiger partial charge in [-0.15, -0.1) is 11.3 Å². The number of aromatic nitrogens is 2. The molecule has 33 heavy (non-hydrogen) atoms. The topological polar surface area (TPSA) is 82.3 Å². The van der Waals surface area contributed by atoms with Crippen molar-refractivity contribution in [3.63, 3.8) is 0 Å². The molecule has 2 heterocycles. The first kappa shape index (κ1) is 22.5. The summed E-state index contributed by atoms with van der Waals surface area (Å²) in [6.45, 7) is 4.09. The second kappa shape index (κ2) is 9.46. The number of hydrogen-bond donors (Lipinski definition) is 1. The van der Waals surface area contributed by atoms with Crippen LogP contribution in [-0.2, 0) is 17.9 Å². The van der Waals surface area contributed by atoms with Crippen molar-refractivity contribution in [1.29, 1.82) is 0 Å². The summed E-state index contributed by atoms with van der Waals surface area (Å²) < 4.78 is 8.20. The monoisotopic (exact) mass is 463 g/mol. The molecule has 8 heteroatoms. The minimum atomic E-state index is -0.529. The predicted molar refractivity (Wildman–Crippen MR) is 132 cm³/mol. The molecule has 4 rings (SSSR count). The first-order chi connectivity index (χ1) is 15.9. The summed E-state index contributed by atoms with van der Waals surface area (Å²) in [6, 6.07) is 16.5. The number of carbonyl (C=O) groups is 1. The van der Waals surface area contributed by atoms with Crippen LogP contribution in [0.1, 0.15) is 30.9 Å². The third-order valence-corrected chi connectivity index (χ3v) is 6.37. The number of fused-ring (bicyclic) bond motifs is 1. The molecule has 0 fully saturated rings. The lowest BCUT2D eigenvalue weighted by Crippen LogP contribution is -2.41. The van der Waals surface area contributed by atoms with E-state index >= 15 is 0 Å². The number of nitrogens with one attached hydrogen (secondary N) is 1. The highest BCUT2D eigenvalue weighted by atomic mass is 32.1. The van der Waals surface area contributed by atoms with Crippen LogP contribution in [0, 0.1) is 0 Å². The summed E-state index contributed by atoms with van der Waals surface area (Å²) in [5.74, 6) is 0.695. The second-order valence-corrected chi connectivity index (χ2v) is 8.99. The molecule has 0 bridgehead atoms. The summed E-state index contributed by atoms with van der Waals surface area (Å²) in [4.78, 5) is 39.1. The third-order valence-electron chi connectivity index (χ3n) is 5.47. The summed E-state index contributed by atoms with van der Waals surface area (Å²) >= 11 is 1.26. The zero-order chi connectivity index (χ0) is 23.5. The van der Waals surface area contributed by atoms with Crippen LogP contribution in [0.4, 0.5) is 5.69 Å². The van der Waals surface area contributed by atoms with Crippen molar-refractivity contribution < 1.29 is 9.53 Å². The van der Waals surface area contributed by atoms with E-state index in [0.29, 0.717) is 27.6 Å². The number of carbonyl (C=O) groups excluding carboxylic acids is 1. The molecule has 0 spiro atoms. The molecule has 170 valence electrons. The molecule has 0 saturated heterocycles. The Hall–Kier alpha value is -3.65. The van der Waals surface area contributed by atoms with Crippen LogP contribution in [0.2, 0.25) is 0 Å². The van der Waals surface area contributed by atoms with E-state index in [9.17, 15) is 14.4 Å². The quantitative estimate of drug-likeness (QED) is 0.448. The Morgan fingerprint density at radius 2 is 1.82 bits per heavy atom. The SMILES string of the molecule is COc1cccc(Cn2c(=O)c3sccc3n(CC(=O)Nc3ccc(C(C)C)cc3)c2=O)c1. The smallest absolute Gasteiger partial charge is 0.332 e. The van der Waals surface area contributed by atoms with Crippen molar-refractivity contribution in [3.05, 3.63) is 91.9 Å². The lowest BCUT2D eigenvalue weighted by molar-refractivity contribution is -0.116. The number of amides is 1. The van der Waals surface area contributed by atoms with Crippen LogP contribution in [0.15, 0.2) is 69.6 Å². The Morgan fingerprint density at radius 3 is 2.52 bits per heavy atom. The molecule has 2 aromatic carbocycles. The summed E-state index contributed by atoms with van der Waals surface area (Å²) in [5.41, 5.74) is 2.15. The maximum absolute atomic E-state index is 13.3. The van der Waals surface area contributed by atoms with Crippen LogP contribution in [0.5, 0.6) is 5.75 Å². The Bertz CT molecular complexity index is 1410. The highest BCUT2D eigenvalue weighted by molar-refractivity contribution is 7.17. The minimum absolute atomic E-state index is 0.0843. The average molecular weight is 464 g/mol. The van der Waals surface area contributed by atoms with Gasteiger partial charge in [0.1, 0.15) is 17.0 Å². The number of thiophene rings is 1. The molecule has 1 amide bonds. The molecule has 0 saturated carbocycles. The van der Waals surface area contributed by atoms with Gasteiger partial charge in [0.2, 0.25) is 5.91 Å². The molecule has 0 atom stereocenters. The molecule has 4 aromatic rings. The number of rotatable bonds is 7. The Morgan fingerprint density at radius 1 is 1.06 bits per heavy atom. The highest BCUT2D eigenvalue weighted by Crippen LogP contribution is 2.19. The largest absolute Gasteiger partial charge is 0.497 e. The van der Waals surface area contributed by atoms with Crippen LogP contribution in [0.3, 0.4) is 0 Å². The van der Waals surface area contributed by atoms with E-state index in [-0.39, 0.29) is 24.6 Å². The van der Waals surface area contributed by atoms with Crippen LogP contribution < -0.4 is 21.3 Å². The molecule has 0 aliphatic rings. The van der Waals surface area contributed by atoms with Gasteiger partial charge in [0.25, 0.3) is 5.56 Å². The van der Waals surface area contributed by atoms with Crippen molar-refractivity contribution in [2.24, 2.45) is 0 Å². The van der Waals surface area contributed by atoms with Gasteiger partial charge in [0.05, 0.1) is 19.2 Å². The number of nitrogens with zero attached hydrogens (tertiary/aromatic N) is 2. The third kappa shape index (κ3) is 4.75. The van der Waals surface area contributed by atoms with Crippen LogP contribution >= 0.6 is 11.3 Å². The molecule has 0 aliphatic carbocycles. The molecular formula is C25H25N3O4S. The second-order valence-electron chi connectivity index (χ2n) is 8.07. The number of hydrogen-bond acceptors (Lipinski definition) is 5. The zero-order valence-electron chi connectivity index (χ0n) is 18.7. The van der Waals surface area contributed by atoms with E-state index < -0.39 is 5.69 Å². The molecule has 0 unspecified atom stereocenters. The van der Waals surface area contributed by atoms with Gasteiger partial charge in [-0.05, 0) is 52.8 Å². The molecular weight excluding hydrogens is 438 g/mol. The standard InChI is InChI=1S/C25H25N3O4S/c1-16(2)18-7-9-19(10-8-18)26-22(29)15-27-21-11-12-33-23(21)24(30)28(25(27)31)14-17-5-4-6-20(13-17)32-3/h4-13,16H,14-15H2,1-3H3,(H,26,29). The molecule has 1 N–H and O–H groups in total. The van der Waals surface area contributed by atoms with E-state index in [4.69, 9.17) is 4.74 Å². The Balaban J connectivity index is 1.65. The van der Waals surface area contributed by atoms with E-state index in [2.05, 4.69) is 19.2 Å². The molecule has 2 aromatic heterocycles. The van der Waals surface area contributed by atoms with Gasteiger partial charge in [-0.2, -0.15) is 0 Å². The van der Waals surface area contributed by atoms with E-state index in [1.54, 1.807) is 36.8 Å². The van der Waals surface area contributed by atoms with Crippen molar-refractivity contribution in [3.8, 4) is 5.75 Å². The van der Waals surface area contributed by atoms with Crippen molar-refractivity contribution >= 4 is 33.1 Å². The van der Waals surface area contributed by atoms with Crippen molar-refractivity contribution in [2.75, 3.05) is 12.4 Å². The predicted octanol–water partition coefficient (Wildman–Crippen LogP) is 4.04. The van der Waals surface area contributed by atoms with Crippen molar-refractivity contribution in [2.45, 2.75) is 32.9 Å². The maximum atomic E-state index is 13.3. The first-order valence-corrected chi connectivity index (χ1v) is 11.5. The van der Waals surface area contributed by atoms with Crippen LogP contribution in [0.25, 0.3) is 10.2 Å². The normalized spacial score (nSPS) is 11.2. The van der Waals surface area contributed by atoms with Crippen LogP contribution in [-0.4, -0.2) is 22.2 Å². The number of ether oxygens (including phenoxy) is 1. The minimum Gasteiger partial charge on any atom is -0.497 e. The lowest BCUT2D eigenvalue weighted by Gasteiger charge is -2.13. The Labute approximate surface area is 194 Å². The average Bonchev–Trinajstić information content (AvgIpc) is 3.30.